The Hall–Kier alpha value is -3.27. The fourth-order valence-electron chi connectivity index (χ4n) is 4.51. The number of ether oxygens (including phenoxy) is 2. The van der Waals surface area contributed by atoms with Crippen LogP contribution in [0.25, 0.3) is 6.08 Å². The van der Waals surface area contributed by atoms with Crippen molar-refractivity contribution in [2.24, 2.45) is 0 Å². The summed E-state index contributed by atoms with van der Waals surface area (Å²) in [5.74, 6) is 0.300. The largest absolute Gasteiger partial charge is 0.478 e. The zero-order valence-corrected chi connectivity index (χ0v) is 22.3. The molecular weight excluding hydrogens is 511 g/mol. The van der Waals surface area contributed by atoms with Crippen molar-refractivity contribution in [1.29, 1.82) is 0 Å². The second-order valence-electron chi connectivity index (χ2n) is 9.35. The van der Waals surface area contributed by atoms with Gasteiger partial charge in [-0.15, -0.1) is 0 Å². The first-order valence-corrected chi connectivity index (χ1v) is 12.9. The van der Waals surface area contributed by atoms with Crippen molar-refractivity contribution in [3.63, 3.8) is 0 Å². The molecule has 4 rings (SSSR count). The minimum Gasteiger partial charge on any atom is -0.478 e. The van der Waals surface area contributed by atoms with Crippen LogP contribution in [0.2, 0.25) is 5.02 Å². The summed E-state index contributed by atoms with van der Waals surface area (Å²) in [4.78, 5) is 22.9. The molecule has 0 bridgehead atoms. The number of methoxy groups -OCH3 is 1. The first-order chi connectivity index (χ1) is 18.3. The van der Waals surface area contributed by atoms with Crippen LogP contribution in [0.15, 0.2) is 48.2 Å². The zero-order chi connectivity index (χ0) is 27.1. The van der Waals surface area contributed by atoms with Crippen molar-refractivity contribution in [1.82, 2.24) is 19.4 Å². The van der Waals surface area contributed by atoms with Crippen LogP contribution in [0.4, 0.5) is 4.39 Å². The Morgan fingerprint density at radius 2 is 2.05 bits per heavy atom. The van der Waals surface area contributed by atoms with Gasteiger partial charge in [0.1, 0.15) is 18.2 Å². The van der Waals surface area contributed by atoms with Gasteiger partial charge in [0, 0.05) is 47.5 Å². The van der Waals surface area contributed by atoms with Gasteiger partial charge in [0.25, 0.3) is 0 Å². The lowest BCUT2D eigenvalue weighted by molar-refractivity contribution is -0.132. The van der Waals surface area contributed by atoms with Crippen LogP contribution in [0.5, 0.6) is 5.88 Å². The second-order valence-corrected chi connectivity index (χ2v) is 9.79. The number of carboxylic acids is 1. The molecule has 3 aromatic rings. The number of carboxylic acid groups (broad SMARTS) is 1. The summed E-state index contributed by atoms with van der Waals surface area (Å²) in [6, 6.07) is 10.2. The summed E-state index contributed by atoms with van der Waals surface area (Å²) >= 11 is 5.83. The van der Waals surface area contributed by atoms with Gasteiger partial charge in [-0.2, -0.15) is 0 Å². The number of halogens is 2. The Morgan fingerprint density at radius 3 is 2.76 bits per heavy atom. The topological polar surface area (TPSA) is 89.7 Å². The van der Waals surface area contributed by atoms with Gasteiger partial charge in [-0.3, -0.25) is 4.90 Å². The SMILES string of the molecule is COCCn1c(/C=C(\C)C(=O)O)cnc1CN1CCC(c2cccc(OCc3ccc(Cl)cc3F)n2)CC1. The van der Waals surface area contributed by atoms with Gasteiger partial charge in [-0.05, 0) is 57.1 Å². The number of aromatic nitrogens is 3. The Labute approximate surface area is 226 Å². The summed E-state index contributed by atoms with van der Waals surface area (Å²) < 4.78 is 27.1. The number of hydrogen-bond donors (Lipinski definition) is 1. The Kier molecular flexibility index (Phi) is 9.49. The second kappa shape index (κ2) is 13.0. The lowest BCUT2D eigenvalue weighted by atomic mass is 9.93. The van der Waals surface area contributed by atoms with Gasteiger partial charge in [0.2, 0.25) is 5.88 Å². The molecule has 1 aromatic carbocycles. The number of piperidine rings is 1. The van der Waals surface area contributed by atoms with Crippen LogP contribution >= 0.6 is 11.6 Å². The fraction of sp³-hybridized carbons (Fsp3) is 0.393. The average Bonchev–Trinajstić information content (AvgIpc) is 3.27. The van der Waals surface area contributed by atoms with E-state index in [2.05, 4.69) is 14.9 Å². The molecule has 202 valence electrons. The van der Waals surface area contributed by atoms with Crippen molar-refractivity contribution >= 4 is 23.6 Å². The number of benzene rings is 1. The molecule has 0 spiro atoms. The lowest BCUT2D eigenvalue weighted by Crippen LogP contribution is -2.33. The molecule has 1 aliphatic rings. The molecule has 0 amide bonds. The third kappa shape index (κ3) is 7.18. The highest BCUT2D eigenvalue weighted by molar-refractivity contribution is 6.30. The molecule has 2 aromatic heterocycles. The third-order valence-electron chi connectivity index (χ3n) is 6.70. The quantitative estimate of drug-likeness (QED) is 0.335. The molecule has 0 unspecified atom stereocenters. The van der Waals surface area contributed by atoms with Crippen LogP contribution in [0, 0.1) is 5.82 Å². The van der Waals surface area contributed by atoms with E-state index >= 15 is 0 Å². The molecule has 1 aliphatic heterocycles. The molecule has 1 N–H and O–H groups in total. The molecule has 1 saturated heterocycles. The van der Waals surface area contributed by atoms with Crippen LogP contribution in [-0.2, 0) is 29.2 Å². The maximum Gasteiger partial charge on any atom is 0.331 e. The molecule has 0 radical (unpaired) electrons. The monoisotopic (exact) mass is 542 g/mol. The number of pyridine rings is 1. The third-order valence-corrected chi connectivity index (χ3v) is 6.93. The minimum atomic E-state index is -0.951. The van der Waals surface area contributed by atoms with E-state index in [9.17, 15) is 14.3 Å². The smallest absolute Gasteiger partial charge is 0.331 e. The molecule has 1 fully saturated rings. The fourth-order valence-corrected chi connectivity index (χ4v) is 4.67. The van der Waals surface area contributed by atoms with E-state index in [4.69, 9.17) is 21.1 Å². The van der Waals surface area contributed by atoms with Gasteiger partial charge in [0.05, 0.1) is 25.0 Å². The number of nitrogens with zero attached hydrogens (tertiary/aromatic N) is 4. The highest BCUT2D eigenvalue weighted by Crippen LogP contribution is 2.29. The summed E-state index contributed by atoms with van der Waals surface area (Å²) in [6.45, 7) is 5.18. The molecule has 0 aliphatic carbocycles. The molecule has 0 saturated carbocycles. The lowest BCUT2D eigenvalue weighted by Gasteiger charge is -2.31. The van der Waals surface area contributed by atoms with Crippen molar-refractivity contribution in [3.8, 4) is 5.88 Å². The van der Waals surface area contributed by atoms with Crippen LogP contribution in [-0.4, -0.2) is 57.3 Å². The summed E-state index contributed by atoms with van der Waals surface area (Å²) in [5.41, 5.74) is 2.41. The standard InChI is InChI=1S/C28H32ClFN4O4/c1-19(28(35)36)14-23-16-31-26(34(23)12-13-37-2)17-33-10-8-20(9-11-33)25-4-3-5-27(32-25)38-18-21-6-7-22(29)15-24(21)30/h3-7,14-16,20H,8-13,17-18H2,1-2H3,(H,35,36)/b19-14+. The number of rotatable bonds is 11. The molecule has 38 heavy (non-hydrogen) atoms. The number of imidazole rings is 1. The van der Waals surface area contributed by atoms with Gasteiger partial charge < -0.3 is 19.1 Å². The first-order valence-electron chi connectivity index (χ1n) is 12.5. The van der Waals surface area contributed by atoms with E-state index in [1.165, 1.54) is 6.07 Å². The zero-order valence-electron chi connectivity index (χ0n) is 21.6. The molecule has 0 atom stereocenters. The Balaban J connectivity index is 1.36. The molecular formula is C28H32ClFN4O4. The van der Waals surface area contributed by atoms with E-state index < -0.39 is 11.8 Å². The van der Waals surface area contributed by atoms with Gasteiger partial charge >= 0.3 is 5.97 Å². The maximum absolute atomic E-state index is 14.1. The maximum atomic E-state index is 14.1. The summed E-state index contributed by atoms with van der Waals surface area (Å²) in [7, 11) is 1.64. The van der Waals surface area contributed by atoms with Crippen molar-refractivity contribution in [3.05, 3.63) is 81.8 Å². The van der Waals surface area contributed by atoms with E-state index in [1.54, 1.807) is 44.5 Å². The van der Waals surface area contributed by atoms with Gasteiger partial charge in [-0.25, -0.2) is 19.2 Å². The van der Waals surface area contributed by atoms with Crippen molar-refractivity contribution < 1.29 is 23.8 Å². The number of aliphatic carboxylic acids is 1. The van der Waals surface area contributed by atoms with Crippen LogP contribution in [0.1, 0.15) is 48.5 Å². The van der Waals surface area contributed by atoms with Gasteiger partial charge in [-0.1, -0.05) is 23.7 Å². The van der Waals surface area contributed by atoms with Crippen molar-refractivity contribution in [2.75, 3.05) is 26.8 Å². The number of likely N-dealkylation sites (tertiary alicyclic amines) is 1. The predicted octanol–water partition coefficient (Wildman–Crippen LogP) is 5.16. The average molecular weight is 543 g/mol. The van der Waals surface area contributed by atoms with Crippen molar-refractivity contribution in [2.45, 2.75) is 45.4 Å². The molecule has 8 nitrogen and oxygen atoms in total. The Morgan fingerprint density at radius 1 is 1.26 bits per heavy atom. The van der Waals surface area contributed by atoms with Gasteiger partial charge in [0.15, 0.2) is 0 Å². The summed E-state index contributed by atoms with van der Waals surface area (Å²) in [5, 5.41) is 9.60. The van der Waals surface area contributed by atoms with E-state index in [1.807, 2.05) is 16.7 Å². The normalized spacial score (nSPS) is 15.1. The Bertz CT molecular complexity index is 1290. The first kappa shape index (κ1) is 27.8. The van der Waals surface area contributed by atoms with Crippen LogP contribution in [0.3, 0.4) is 0 Å². The summed E-state index contributed by atoms with van der Waals surface area (Å²) in [6.07, 6.45) is 5.23. The number of hydrogen-bond acceptors (Lipinski definition) is 6. The highest BCUT2D eigenvalue weighted by atomic mass is 35.5. The van der Waals surface area contributed by atoms with E-state index in [-0.39, 0.29) is 12.2 Å². The minimum absolute atomic E-state index is 0.0801. The highest BCUT2D eigenvalue weighted by Gasteiger charge is 2.23. The predicted molar refractivity (Wildman–Crippen MR) is 143 cm³/mol. The van der Waals surface area contributed by atoms with Crippen LogP contribution < -0.4 is 4.74 Å². The van der Waals surface area contributed by atoms with E-state index in [0.717, 1.165) is 43.1 Å². The number of carbonyl (C=O) groups is 1. The molecule has 10 heteroatoms. The molecule has 3 heterocycles. The van der Waals surface area contributed by atoms with E-state index in [0.29, 0.717) is 42.1 Å².